The van der Waals surface area contributed by atoms with Gasteiger partial charge in [-0.05, 0) is 30.2 Å². The molecule has 0 unspecified atom stereocenters. The number of carbonyl (C=O) groups excluding carboxylic acids is 2. The Labute approximate surface area is 177 Å². The van der Waals surface area contributed by atoms with Crippen LogP contribution in [-0.2, 0) is 25.5 Å². The number of carboxylic acids is 1. The highest BCUT2D eigenvalue weighted by atomic mass is 19.1. The predicted octanol–water partition coefficient (Wildman–Crippen LogP) is 2.58. The number of carbonyl (C=O) groups is 3. The van der Waals surface area contributed by atoms with Crippen molar-refractivity contribution in [1.29, 1.82) is 0 Å². The number of nitro benzene ring substituents is 1. The zero-order valence-electron chi connectivity index (χ0n) is 16.6. The third kappa shape index (κ3) is 6.88. The summed E-state index contributed by atoms with van der Waals surface area (Å²) in [4.78, 5) is 46.7. The molecule has 0 fully saturated rings. The Kier molecular flexibility index (Phi) is 8.18. The summed E-state index contributed by atoms with van der Waals surface area (Å²) >= 11 is 0. The molecule has 164 valence electrons. The van der Waals surface area contributed by atoms with Gasteiger partial charge in [-0.15, -0.1) is 0 Å². The molecule has 10 heteroatoms. The summed E-state index contributed by atoms with van der Waals surface area (Å²) in [5.41, 5.74) is 0.583. The Bertz CT molecular complexity index is 945. The second-order valence-electron chi connectivity index (χ2n) is 6.65. The van der Waals surface area contributed by atoms with Gasteiger partial charge in [0, 0.05) is 18.1 Å². The summed E-state index contributed by atoms with van der Waals surface area (Å²) in [6.45, 7) is 1.68. The highest BCUT2D eigenvalue weighted by Gasteiger charge is 2.33. The minimum absolute atomic E-state index is 0.0838. The number of carboxylic acid groups (broad SMARTS) is 1. The van der Waals surface area contributed by atoms with E-state index in [2.05, 4.69) is 5.32 Å². The van der Waals surface area contributed by atoms with E-state index in [0.717, 1.165) is 0 Å². The number of benzene rings is 2. The molecule has 0 saturated carbocycles. The zero-order valence-corrected chi connectivity index (χ0v) is 16.6. The molecule has 0 heterocycles. The molecule has 1 amide bonds. The third-order valence-electron chi connectivity index (χ3n) is 4.49. The van der Waals surface area contributed by atoms with Crippen LogP contribution in [-0.4, -0.2) is 40.5 Å². The first-order valence-electron chi connectivity index (χ1n) is 9.37. The van der Waals surface area contributed by atoms with E-state index in [9.17, 15) is 34.0 Å². The molecule has 0 aliphatic heterocycles. The van der Waals surface area contributed by atoms with Gasteiger partial charge >= 0.3 is 11.9 Å². The Morgan fingerprint density at radius 2 is 1.74 bits per heavy atom. The molecule has 2 aromatic carbocycles. The normalized spacial score (nSPS) is 12.5. The number of nitrogens with zero attached hydrogens (tertiary/aromatic N) is 1. The zero-order chi connectivity index (χ0) is 23.0. The van der Waals surface area contributed by atoms with Crippen molar-refractivity contribution in [3.63, 3.8) is 0 Å². The van der Waals surface area contributed by atoms with Gasteiger partial charge in [0.15, 0.2) is 0 Å². The smallest absolute Gasteiger partial charge is 0.326 e. The van der Waals surface area contributed by atoms with E-state index in [1.165, 1.54) is 48.5 Å². The number of amides is 1. The fourth-order valence-corrected chi connectivity index (χ4v) is 3.02. The van der Waals surface area contributed by atoms with E-state index < -0.39 is 40.5 Å². The van der Waals surface area contributed by atoms with Crippen LogP contribution in [0.4, 0.5) is 10.1 Å². The van der Waals surface area contributed by atoms with Crippen molar-refractivity contribution in [2.75, 3.05) is 6.61 Å². The highest BCUT2D eigenvalue weighted by molar-refractivity contribution is 5.86. The van der Waals surface area contributed by atoms with E-state index >= 15 is 0 Å². The number of hydrogen-bond donors (Lipinski definition) is 2. The number of hydrogen-bond acceptors (Lipinski definition) is 6. The molecule has 31 heavy (non-hydrogen) atoms. The molecule has 0 saturated heterocycles. The maximum atomic E-state index is 13.0. The van der Waals surface area contributed by atoms with Crippen molar-refractivity contribution in [3.05, 3.63) is 75.6 Å². The molecular formula is C21H21FN2O7. The predicted molar refractivity (Wildman–Crippen MR) is 107 cm³/mol. The number of ether oxygens (including phenoxy) is 1. The summed E-state index contributed by atoms with van der Waals surface area (Å²) < 4.78 is 17.9. The summed E-state index contributed by atoms with van der Waals surface area (Å²) in [6.07, 6.45) is -0.560. The molecule has 2 atom stereocenters. The van der Waals surface area contributed by atoms with Crippen LogP contribution in [0, 0.1) is 15.9 Å². The van der Waals surface area contributed by atoms with E-state index in [4.69, 9.17) is 4.74 Å². The van der Waals surface area contributed by atoms with Crippen molar-refractivity contribution in [3.8, 4) is 0 Å². The Morgan fingerprint density at radius 3 is 2.26 bits per heavy atom. The lowest BCUT2D eigenvalue weighted by atomic mass is 9.88. The standard InChI is InChI=1S/C21H21FN2O7/c1-2-31-19(26)12-17(14-5-9-16(10-6-14)24(29)30)20(21(27)28)23-18(25)11-13-3-7-15(22)8-4-13/h3-10,17,20H,2,11-12H2,1H3,(H,23,25)(H,27,28)/t17-,20+/m0/s1. The van der Waals surface area contributed by atoms with E-state index in [1.54, 1.807) is 6.92 Å². The molecule has 0 aromatic heterocycles. The largest absolute Gasteiger partial charge is 0.480 e. The maximum absolute atomic E-state index is 13.0. The van der Waals surface area contributed by atoms with Crippen LogP contribution >= 0.6 is 0 Å². The molecule has 0 aliphatic rings. The summed E-state index contributed by atoms with van der Waals surface area (Å²) in [6, 6.07) is 8.70. The average Bonchev–Trinajstić information content (AvgIpc) is 2.72. The Hall–Kier alpha value is -3.82. The van der Waals surface area contributed by atoms with E-state index in [-0.39, 0.29) is 25.1 Å². The minimum atomic E-state index is -1.50. The van der Waals surface area contributed by atoms with Crippen molar-refractivity contribution in [2.45, 2.75) is 31.7 Å². The lowest BCUT2D eigenvalue weighted by Crippen LogP contribution is -2.46. The summed E-state index contributed by atoms with van der Waals surface area (Å²) in [5.74, 6) is -4.21. The quantitative estimate of drug-likeness (QED) is 0.335. The van der Waals surface area contributed by atoms with Crippen LogP contribution in [0.2, 0.25) is 0 Å². The van der Waals surface area contributed by atoms with Crippen molar-refractivity contribution in [1.82, 2.24) is 5.32 Å². The van der Waals surface area contributed by atoms with Crippen LogP contribution in [0.1, 0.15) is 30.4 Å². The number of rotatable bonds is 10. The first-order valence-corrected chi connectivity index (χ1v) is 9.37. The maximum Gasteiger partial charge on any atom is 0.326 e. The Morgan fingerprint density at radius 1 is 1.13 bits per heavy atom. The molecule has 0 radical (unpaired) electrons. The molecule has 0 bridgehead atoms. The van der Waals surface area contributed by atoms with Crippen molar-refractivity contribution >= 4 is 23.5 Å². The molecule has 2 N–H and O–H groups in total. The number of aliphatic carboxylic acids is 1. The number of esters is 1. The van der Waals surface area contributed by atoms with Gasteiger partial charge in [0.05, 0.1) is 24.4 Å². The monoisotopic (exact) mass is 432 g/mol. The van der Waals surface area contributed by atoms with Gasteiger partial charge in [0.1, 0.15) is 11.9 Å². The van der Waals surface area contributed by atoms with Crippen molar-refractivity contribution < 1.29 is 33.5 Å². The van der Waals surface area contributed by atoms with Gasteiger partial charge < -0.3 is 15.2 Å². The number of halogens is 1. The first kappa shape index (κ1) is 23.5. The van der Waals surface area contributed by atoms with Crippen LogP contribution in [0.15, 0.2) is 48.5 Å². The lowest BCUT2D eigenvalue weighted by Gasteiger charge is -2.25. The Balaban J connectivity index is 2.28. The molecule has 2 aromatic rings. The fraction of sp³-hybridized carbons (Fsp3) is 0.286. The van der Waals surface area contributed by atoms with Gasteiger partial charge in [0.2, 0.25) is 5.91 Å². The van der Waals surface area contributed by atoms with Crippen LogP contribution in [0.3, 0.4) is 0 Å². The molecule has 2 rings (SSSR count). The summed E-state index contributed by atoms with van der Waals surface area (Å²) in [7, 11) is 0. The second-order valence-corrected chi connectivity index (χ2v) is 6.65. The van der Waals surface area contributed by atoms with Crippen LogP contribution in [0.25, 0.3) is 0 Å². The summed E-state index contributed by atoms with van der Waals surface area (Å²) in [5, 5.41) is 23.0. The SMILES string of the molecule is CCOC(=O)C[C@@H](c1ccc([N+](=O)[O-])cc1)[C@@H](NC(=O)Cc1ccc(F)cc1)C(=O)O. The minimum Gasteiger partial charge on any atom is -0.480 e. The van der Waals surface area contributed by atoms with Gasteiger partial charge in [-0.1, -0.05) is 24.3 Å². The fourth-order valence-electron chi connectivity index (χ4n) is 3.02. The number of nitro groups is 1. The van der Waals surface area contributed by atoms with E-state index in [1.807, 2.05) is 0 Å². The molecule has 0 spiro atoms. The van der Waals surface area contributed by atoms with Gasteiger partial charge in [-0.25, -0.2) is 9.18 Å². The third-order valence-corrected chi connectivity index (χ3v) is 4.49. The average molecular weight is 432 g/mol. The van der Waals surface area contributed by atoms with Crippen LogP contribution in [0.5, 0.6) is 0 Å². The second kappa shape index (κ2) is 10.8. The van der Waals surface area contributed by atoms with Gasteiger partial charge in [-0.2, -0.15) is 0 Å². The number of nitrogens with one attached hydrogen (secondary N) is 1. The van der Waals surface area contributed by atoms with E-state index in [0.29, 0.717) is 11.1 Å². The van der Waals surface area contributed by atoms with Gasteiger partial charge in [0.25, 0.3) is 5.69 Å². The molecule has 0 aliphatic carbocycles. The number of non-ortho nitro benzene ring substituents is 1. The highest BCUT2D eigenvalue weighted by Crippen LogP contribution is 2.27. The first-order chi connectivity index (χ1) is 14.7. The van der Waals surface area contributed by atoms with Crippen molar-refractivity contribution in [2.24, 2.45) is 0 Å². The van der Waals surface area contributed by atoms with Gasteiger partial charge in [-0.3, -0.25) is 19.7 Å². The topological polar surface area (TPSA) is 136 Å². The van der Waals surface area contributed by atoms with Crippen LogP contribution < -0.4 is 5.32 Å². The lowest BCUT2D eigenvalue weighted by molar-refractivity contribution is -0.384. The molecule has 9 nitrogen and oxygen atoms in total. The molecular weight excluding hydrogens is 411 g/mol.